The maximum atomic E-state index is 6.11. The van der Waals surface area contributed by atoms with E-state index >= 15 is 0 Å². The molecule has 0 saturated carbocycles. The van der Waals surface area contributed by atoms with Crippen molar-refractivity contribution in [1.29, 1.82) is 0 Å². The first-order valence-electron chi connectivity index (χ1n) is 8.12. The fourth-order valence-corrected chi connectivity index (χ4v) is 3.19. The molecule has 2 aliphatic rings. The average molecular weight is 326 g/mol. The normalized spacial score (nSPS) is 32.4. The van der Waals surface area contributed by atoms with Gasteiger partial charge in [0.05, 0.1) is 19.5 Å². The molecule has 0 bridgehead atoms. The zero-order valence-corrected chi connectivity index (χ0v) is 14.4. The van der Waals surface area contributed by atoms with Gasteiger partial charge in [-0.3, -0.25) is 0 Å². The lowest BCUT2D eigenvalue weighted by Crippen LogP contribution is -2.37. The van der Waals surface area contributed by atoms with E-state index in [2.05, 4.69) is 13.8 Å². The number of furan rings is 1. The van der Waals surface area contributed by atoms with Gasteiger partial charge in [0.15, 0.2) is 23.6 Å². The maximum Gasteiger partial charge on any atom is 0.190 e. The van der Waals surface area contributed by atoms with Gasteiger partial charge in [-0.05, 0) is 26.2 Å². The van der Waals surface area contributed by atoms with Crippen molar-refractivity contribution >= 4 is 0 Å². The van der Waals surface area contributed by atoms with Crippen LogP contribution in [0, 0.1) is 5.92 Å². The van der Waals surface area contributed by atoms with Crippen LogP contribution in [0.1, 0.15) is 39.9 Å². The van der Waals surface area contributed by atoms with E-state index in [0.29, 0.717) is 24.0 Å². The van der Waals surface area contributed by atoms with Gasteiger partial charge in [0.1, 0.15) is 18.8 Å². The third-order valence-corrected chi connectivity index (χ3v) is 4.12. The molecule has 1 aromatic rings. The second kappa shape index (κ2) is 6.43. The molecule has 0 unspecified atom stereocenters. The summed E-state index contributed by atoms with van der Waals surface area (Å²) in [4.78, 5) is 0. The number of hydrogen-bond donors (Lipinski definition) is 0. The summed E-state index contributed by atoms with van der Waals surface area (Å²) in [6, 6.07) is 1.77. The van der Waals surface area contributed by atoms with Gasteiger partial charge in [0.2, 0.25) is 0 Å². The van der Waals surface area contributed by atoms with Crippen LogP contribution >= 0.6 is 0 Å². The molecule has 0 aliphatic carbocycles. The lowest BCUT2D eigenvalue weighted by Gasteiger charge is -2.26. The Morgan fingerprint density at radius 2 is 2.04 bits per heavy atom. The lowest BCUT2D eigenvalue weighted by atomic mass is 10.0. The van der Waals surface area contributed by atoms with Crippen LogP contribution in [0.3, 0.4) is 0 Å². The Morgan fingerprint density at radius 1 is 1.26 bits per heavy atom. The Bertz CT molecular complexity index is 523. The van der Waals surface area contributed by atoms with Crippen molar-refractivity contribution in [3.8, 4) is 5.75 Å². The quantitative estimate of drug-likeness (QED) is 0.800. The summed E-state index contributed by atoms with van der Waals surface area (Å²) < 4.78 is 34.6. The molecule has 0 aromatic carbocycles. The molecule has 130 valence electrons. The van der Waals surface area contributed by atoms with Crippen LogP contribution in [0.15, 0.2) is 16.7 Å². The van der Waals surface area contributed by atoms with Crippen LogP contribution < -0.4 is 4.74 Å². The second-order valence-electron chi connectivity index (χ2n) is 6.96. The SMILES string of the molecule is COc1ccoc1CO[C@@H]1[C@H]2OC(C)(C)O[C@H]2O[C@@H]1CC(C)C. The maximum absolute atomic E-state index is 6.11. The molecule has 1 aromatic heterocycles. The highest BCUT2D eigenvalue weighted by atomic mass is 16.8. The first-order valence-corrected chi connectivity index (χ1v) is 8.12. The van der Waals surface area contributed by atoms with E-state index in [1.165, 1.54) is 0 Å². The van der Waals surface area contributed by atoms with Crippen molar-refractivity contribution < 1.29 is 28.1 Å². The van der Waals surface area contributed by atoms with Gasteiger partial charge in [-0.1, -0.05) is 13.8 Å². The smallest absolute Gasteiger partial charge is 0.190 e. The highest BCUT2D eigenvalue weighted by Crippen LogP contribution is 2.40. The molecule has 2 saturated heterocycles. The molecule has 3 rings (SSSR count). The third-order valence-electron chi connectivity index (χ3n) is 4.12. The van der Waals surface area contributed by atoms with Crippen LogP contribution in [0.4, 0.5) is 0 Å². The number of fused-ring (bicyclic) bond motifs is 1. The third kappa shape index (κ3) is 3.55. The van der Waals surface area contributed by atoms with Crippen molar-refractivity contribution in [2.24, 2.45) is 5.92 Å². The van der Waals surface area contributed by atoms with Gasteiger partial charge in [0, 0.05) is 6.07 Å². The van der Waals surface area contributed by atoms with Gasteiger partial charge in [-0.15, -0.1) is 0 Å². The molecule has 23 heavy (non-hydrogen) atoms. The van der Waals surface area contributed by atoms with E-state index in [-0.39, 0.29) is 24.6 Å². The van der Waals surface area contributed by atoms with Gasteiger partial charge >= 0.3 is 0 Å². The van der Waals surface area contributed by atoms with E-state index in [1.54, 1.807) is 19.4 Å². The molecule has 0 N–H and O–H groups in total. The highest BCUT2D eigenvalue weighted by Gasteiger charge is 2.55. The Hall–Kier alpha value is -1.08. The summed E-state index contributed by atoms with van der Waals surface area (Å²) in [5.74, 6) is 1.19. The average Bonchev–Trinajstić information content (AvgIpc) is 3.09. The molecule has 3 heterocycles. The summed E-state index contributed by atoms with van der Waals surface area (Å²) >= 11 is 0. The topological polar surface area (TPSA) is 59.3 Å². The second-order valence-corrected chi connectivity index (χ2v) is 6.96. The fourth-order valence-electron chi connectivity index (χ4n) is 3.19. The molecule has 0 amide bonds. The Kier molecular flexibility index (Phi) is 4.69. The van der Waals surface area contributed by atoms with Crippen molar-refractivity contribution in [2.45, 2.75) is 71.1 Å². The van der Waals surface area contributed by atoms with Gasteiger partial charge in [0.25, 0.3) is 0 Å². The van der Waals surface area contributed by atoms with E-state index in [1.807, 2.05) is 13.8 Å². The molecule has 6 nitrogen and oxygen atoms in total. The number of methoxy groups -OCH3 is 1. The van der Waals surface area contributed by atoms with Crippen molar-refractivity contribution in [3.05, 3.63) is 18.1 Å². The summed E-state index contributed by atoms with van der Waals surface area (Å²) in [7, 11) is 1.61. The molecule has 0 spiro atoms. The largest absolute Gasteiger partial charge is 0.493 e. The monoisotopic (exact) mass is 326 g/mol. The molecular formula is C17H26O6. The summed E-state index contributed by atoms with van der Waals surface area (Å²) in [6.07, 6.45) is 1.63. The van der Waals surface area contributed by atoms with Crippen LogP contribution in [-0.4, -0.2) is 37.5 Å². The Labute approximate surface area is 137 Å². The Morgan fingerprint density at radius 3 is 2.74 bits per heavy atom. The molecule has 2 fully saturated rings. The minimum Gasteiger partial charge on any atom is -0.493 e. The molecule has 0 radical (unpaired) electrons. The van der Waals surface area contributed by atoms with Gasteiger partial charge in [-0.25, -0.2) is 0 Å². The van der Waals surface area contributed by atoms with Crippen LogP contribution in [0.5, 0.6) is 5.75 Å². The van der Waals surface area contributed by atoms with Crippen LogP contribution in [-0.2, 0) is 25.6 Å². The van der Waals surface area contributed by atoms with Crippen molar-refractivity contribution in [3.63, 3.8) is 0 Å². The first kappa shape index (κ1) is 16.8. The summed E-state index contributed by atoms with van der Waals surface area (Å²) in [6.45, 7) is 8.41. The zero-order chi connectivity index (χ0) is 16.6. The first-order chi connectivity index (χ1) is 10.9. The van der Waals surface area contributed by atoms with Crippen LogP contribution in [0.25, 0.3) is 0 Å². The number of rotatable bonds is 6. The number of ether oxygens (including phenoxy) is 5. The van der Waals surface area contributed by atoms with E-state index in [9.17, 15) is 0 Å². The summed E-state index contributed by atoms with van der Waals surface area (Å²) in [5.41, 5.74) is 0. The van der Waals surface area contributed by atoms with E-state index in [0.717, 1.165) is 6.42 Å². The Balaban J connectivity index is 1.70. The van der Waals surface area contributed by atoms with Crippen LogP contribution in [0.2, 0.25) is 0 Å². The summed E-state index contributed by atoms with van der Waals surface area (Å²) in [5, 5.41) is 0. The molecular weight excluding hydrogens is 300 g/mol. The predicted molar refractivity (Wildman–Crippen MR) is 82.0 cm³/mol. The van der Waals surface area contributed by atoms with Crippen molar-refractivity contribution in [2.75, 3.05) is 7.11 Å². The number of hydrogen-bond acceptors (Lipinski definition) is 6. The minimum absolute atomic E-state index is 0.0537. The van der Waals surface area contributed by atoms with Crippen molar-refractivity contribution in [1.82, 2.24) is 0 Å². The molecule has 2 aliphatic heterocycles. The minimum atomic E-state index is -0.651. The predicted octanol–water partition coefficient (Wildman–Crippen LogP) is 3.10. The highest BCUT2D eigenvalue weighted by molar-refractivity contribution is 5.23. The lowest BCUT2D eigenvalue weighted by molar-refractivity contribution is -0.220. The van der Waals surface area contributed by atoms with E-state index < -0.39 is 5.79 Å². The molecule has 4 atom stereocenters. The zero-order valence-electron chi connectivity index (χ0n) is 14.4. The molecule has 6 heteroatoms. The van der Waals surface area contributed by atoms with Gasteiger partial charge < -0.3 is 28.1 Å². The van der Waals surface area contributed by atoms with Gasteiger partial charge in [-0.2, -0.15) is 0 Å². The fraction of sp³-hybridized carbons (Fsp3) is 0.765. The van der Waals surface area contributed by atoms with E-state index in [4.69, 9.17) is 28.1 Å². The standard InChI is InChI=1S/C17H26O6/c1-10(2)8-12-14(15-16(21-12)23-17(3,4)22-15)20-9-13-11(18-5)6-7-19-13/h6-7,10,12,14-16H,8-9H2,1-5H3/t12-,14+,15-,16-/m1/s1.